The molecule has 3 unspecified atom stereocenters. The lowest BCUT2D eigenvalue weighted by molar-refractivity contribution is 0.0597. The van der Waals surface area contributed by atoms with Gasteiger partial charge in [0, 0.05) is 25.2 Å². The minimum atomic E-state index is -0.181. The normalized spacial score (nSPS) is 30.5. The molecule has 1 aliphatic rings. The molecule has 0 aromatic rings. The van der Waals surface area contributed by atoms with Crippen molar-refractivity contribution in [3.8, 4) is 0 Å². The molecule has 17 heavy (non-hydrogen) atoms. The first-order valence-corrected chi connectivity index (χ1v) is 6.99. The summed E-state index contributed by atoms with van der Waals surface area (Å²) in [6, 6.07) is 1.05. The molecule has 3 atom stereocenters. The van der Waals surface area contributed by atoms with Gasteiger partial charge in [0.15, 0.2) is 0 Å². The number of nitrogens with zero attached hydrogens (tertiary/aromatic N) is 1. The molecule has 0 spiro atoms. The van der Waals surface area contributed by atoms with Crippen LogP contribution in [0, 0.1) is 5.92 Å². The third-order valence-corrected chi connectivity index (χ3v) is 3.78. The van der Waals surface area contributed by atoms with Crippen LogP contribution >= 0.6 is 0 Å². The van der Waals surface area contributed by atoms with Gasteiger partial charge in [-0.1, -0.05) is 20.8 Å². The molecular formula is C14H30N2O. The monoisotopic (exact) mass is 242 g/mol. The van der Waals surface area contributed by atoms with E-state index in [9.17, 15) is 5.11 Å². The lowest BCUT2D eigenvalue weighted by Gasteiger charge is -2.43. The summed E-state index contributed by atoms with van der Waals surface area (Å²) < 4.78 is 0. The number of likely N-dealkylation sites (tertiary alicyclic amines) is 1. The molecule has 0 aromatic carbocycles. The van der Waals surface area contributed by atoms with Crippen molar-refractivity contribution in [2.75, 3.05) is 19.7 Å². The second-order valence-electron chi connectivity index (χ2n) is 6.48. The molecule has 1 rings (SSSR count). The Kier molecular flexibility index (Phi) is 5.42. The largest absolute Gasteiger partial charge is 0.394 e. The number of nitrogens with one attached hydrogen (secondary N) is 1. The molecular weight excluding hydrogens is 212 g/mol. The molecule has 0 saturated carbocycles. The van der Waals surface area contributed by atoms with Gasteiger partial charge in [0.05, 0.1) is 12.1 Å². The van der Waals surface area contributed by atoms with Gasteiger partial charge in [-0.15, -0.1) is 0 Å². The summed E-state index contributed by atoms with van der Waals surface area (Å²) in [6.45, 7) is 13.3. The highest BCUT2D eigenvalue weighted by Crippen LogP contribution is 2.23. The average Bonchev–Trinajstić information content (AvgIpc) is 2.22. The van der Waals surface area contributed by atoms with Crippen LogP contribution in [0.25, 0.3) is 0 Å². The van der Waals surface area contributed by atoms with E-state index < -0.39 is 0 Å². The van der Waals surface area contributed by atoms with Crippen LogP contribution < -0.4 is 5.32 Å². The maximum absolute atomic E-state index is 9.63. The quantitative estimate of drug-likeness (QED) is 0.772. The van der Waals surface area contributed by atoms with Crippen molar-refractivity contribution >= 4 is 0 Å². The lowest BCUT2D eigenvalue weighted by Crippen LogP contribution is -2.58. The van der Waals surface area contributed by atoms with Gasteiger partial charge >= 0.3 is 0 Å². The molecule has 1 fully saturated rings. The Morgan fingerprint density at radius 2 is 2.00 bits per heavy atom. The van der Waals surface area contributed by atoms with E-state index in [0.29, 0.717) is 12.1 Å². The maximum atomic E-state index is 9.63. The third kappa shape index (κ3) is 4.57. The number of aliphatic hydroxyl groups is 1. The summed E-state index contributed by atoms with van der Waals surface area (Å²) in [4.78, 5) is 2.53. The van der Waals surface area contributed by atoms with Crippen LogP contribution in [0.4, 0.5) is 0 Å². The molecule has 3 nitrogen and oxygen atoms in total. The van der Waals surface area contributed by atoms with E-state index in [0.717, 1.165) is 19.0 Å². The highest BCUT2D eigenvalue weighted by atomic mass is 16.3. The molecule has 102 valence electrons. The first-order chi connectivity index (χ1) is 7.86. The predicted molar refractivity (Wildman–Crippen MR) is 73.2 cm³/mol. The number of rotatable bonds is 5. The molecule has 1 heterocycles. The summed E-state index contributed by atoms with van der Waals surface area (Å²) in [7, 11) is 0. The summed E-state index contributed by atoms with van der Waals surface area (Å²) in [5.74, 6) is 0.785. The maximum Gasteiger partial charge on any atom is 0.0623 e. The Labute approximate surface area is 107 Å². The van der Waals surface area contributed by atoms with Crippen molar-refractivity contribution in [3.05, 3.63) is 0 Å². The van der Waals surface area contributed by atoms with Gasteiger partial charge in [-0.25, -0.2) is 0 Å². The summed E-state index contributed by atoms with van der Waals surface area (Å²) in [5.41, 5.74) is -0.181. The second kappa shape index (κ2) is 6.17. The van der Waals surface area contributed by atoms with Gasteiger partial charge in [0.2, 0.25) is 0 Å². The van der Waals surface area contributed by atoms with Crippen LogP contribution in [-0.2, 0) is 0 Å². The van der Waals surface area contributed by atoms with Crippen LogP contribution in [0.2, 0.25) is 0 Å². The number of piperidine rings is 1. The number of aliphatic hydroxyl groups excluding tert-OH is 1. The summed E-state index contributed by atoms with van der Waals surface area (Å²) in [5, 5.41) is 13.1. The zero-order valence-corrected chi connectivity index (χ0v) is 12.2. The molecule has 0 aliphatic carbocycles. The smallest absolute Gasteiger partial charge is 0.0623 e. The standard InChI is InChI=1S/C14H30N2O/c1-11(2)15-14(5,10-17)9-16-8-12(3)6-7-13(16)4/h11-13,15,17H,6-10H2,1-5H3. The van der Waals surface area contributed by atoms with E-state index in [1.807, 2.05) is 0 Å². The lowest BCUT2D eigenvalue weighted by atomic mass is 9.92. The Morgan fingerprint density at radius 3 is 2.53 bits per heavy atom. The minimum Gasteiger partial charge on any atom is -0.394 e. The van der Waals surface area contributed by atoms with E-state index in [-0.39, 0.29) is 12.1 Å². The van der Waals surface area contributed by atoms with Gasteiger partial charge in [-0.05, 0) is 32.6 Å². The van der Waals surface area contributed by atoms with Gasteiger partial charge in [-0.2, -0.15) is 0 Å². The third-order valence-electron chi connectivity index (χ3n) is 3.78. The van der Waals surface area contributed by atoms with E-state index in [1.165, 1.54) is 12.8 Å². The van der Waals surface area contributed by atoms with Crippen molar-refractivity contribution in [1.82, 2.24) is 10.2 Å². The first-order valence-electron chi connectivity index (χ1n) is 6.99. The summed E-state index contributed by atoms with van der Waals surface area (Å²) in [6.07, 6.45) is 2.62. The van der Waals surface area contributed by atoms with Crippen molar-refractivity contribution < 1.29 is 5.11 Å². The van der Waals surface area contributed by atoms with Crippen molar-refractivity contribution in [2.45, 2.75) is 65.1 Å². The van der Waals surface area contributed by atoms with Gasteiger partial charge < -0.3 is 10.4 Å². The van der Waals surface area contributed by atoms with Crippen LogP contribution in [-0.4, -0.2) is 47.3 Å². The fourth-order valence-corrected chi connectivity index (χ4v) is 2.89. The molecule has 0 aromatic heterocycles. The Morgan fingerprint density at radius 1 is 1.35 bits per heavy atom. The Balaban J connectivity index is 2.59. The van der Waals surface area contributed by atoms with Crippen molar-refractivity contribution in [1.29, 1.82) is 0 Å². The highest BCUT2D eigenvalue weighted by Gasteiger charge is 2.31. The number of hydrogen-bond acceptors (Lipinski definition) is 3. The van der Waals surface area contributed by atoms with E-state index in [4.69, 9.17) is 0 Å². The fraction of sp³-hybridized carbons (Fsp3) is 1.00. The van der Waals surface area contributed by atoms with Crippen LogP contribution in [0.5, 0.6) is 0 Å². The fourth-order valence-electron chi connectivity index (χ4n) is 2.89. The van der Waals surface area contributed by atoms with Gasteiger partial charge in [0.25, 0.3) is 0 Å². The van der Waals surface area contributed by atoms with E-state index >= 15 is 0 Å². The second-order valence-corrected chi connectivity index (χ2v) is 6.48. The zero-order chi connectivity index (χ0) is 13.1. The Bertz CT molecular complexity index is 232. The van der Waals surface area contributed by atoms with Crippen molar-refractivity contribution in [2.24, 2.45) is 5.92 Å². The molecule has 0 bridgehead atoms. The highest BCUT2D eigenvalue weighted by molar-refractivity contribution is 4.90. The molecule has 2 N–H and O–H groups in total. The van der Waals surface area contributed by atoms with E-state index in [2.05, 4.69) is 44.8 Å². The molecule has 0 amide bonds. The topological polar surface area (TPSA) is 35.5 Å². The summed E-state index contributed by atoms with van der Waals surface area (Å²) >= 11 is 0. The minimum absolute atomic E-state index is 0.181. The SMILES string of the molecule is CC1CCC(C)N(CC(C)(CO)NC(C)C)C1. The van der Waals surface area contributed by atoms with Crippen molar-refractivity contribution in [3.63, 3.8) is 0 Å². The molecule has 1 aliphatic heterocycles. The zero-order valence-electron chi connectivity index (χ0n) is 12.2. The molecule has 3 heteroatoms. The Hall–Kier alpha value is -0.120. The average molecular weight is 242 g/mol. The number of hydrogen-bond donors (Lipinski definition) is 2. The van der Waals surface area contributed by atoms with Crippen LogP contribution in [0.15, 0.2) is 0 Å². The first kappa shape index (κ1) is 14.9. The molecule has 1 saturated heterocycles. The van der Waals surface area contributed by atoms with E-state index in [1.54, 1.807) is 0 Å². The molecule has 0 radical (unpaired) electrons. The predicted octanol–water partition coefficient (Wildman–Crippen LogP) is 1.86. The van der Waals surface area contributed by atoms with Crippen LogP contribution in [0.1, 0.15) is 47.5 Å². The van der Waals surface area contributed by atoms with Gasteiger partial charge in [-0.3, -0.25) is 4.90 Å². The van der Waals surface area contributed by atoms with Gasteiger partial charge in [0.1, 0.15) is 0 Å². The van der Waals surface area contributed by atoms with Crippen LogP contribution in [0.3, 0.4) is 0 Å².